The molecule has 1 unspecified atom stereocenters. The maximum absolute atomic E-state index is 14.7. The van der Waals surface area contributed by atoms with Crippen LogP contribution >= 0.6 is 15.9 Å². The molecule has 3 heterocycles. The van der Waals surface area contributed by atoms with Crippen LogP contribution in [-0.4, -0.2) is 82.5 Å². The molecule has 250 valence electrons. The summed E-state index contributed by atoms with van der Waals surface area (Å²) >= 11 is 3.69. The number of nitrogens with one attached hydrogen (secondary N) is 1. The van der Waals surface area contributed by atoms with Crippen molar-refractivity contribution in [1.82, 2.24) is 10.2 Å². The van der Waals surface area contributed by atoms with E-state index in [4.69, 9.17) is 9.47 Å². The number of halogens is 1. The van der Waals surface area contributed by atoms with Gasteiger partial charge in [0.2, 0.25) is 11.8 Å². The number of amides is 3. The zero-order chi connectivity index (χ0) is 33.9. The summed E-state index contributed by atoms with van der Waals surface area (Å²) in [6.45, 7) is 11.1. The lowest BCUT2D eigenvalue weighted by molar-refractivity contribution is -0.160. The van der Waals surface area contributed by atoms with Crippen LogP contribution in [0.4, 0.5) is 5.69 Å². The largest absolute Gasteiger partial charge is 0.455 e. The van der Waals surface area contributed by atoms with Gasteiger partial charge in [0.05, 0.1) is 31.1 Å². The number of esters is 1. The number of benzene rings is 2. The van der Waals surface area contributed by atoms with Gasteiger partial charge in [-0.05, 0) is 49.4 Å². The summed E-state index contributed by atoms with van der Waals surface area (Å²) in [6, 6.07) is 13.8. The van der Waals surface area contributed by atoms with Crippen molar-refractivity contribution in [3.63, 3.8) is 0 Å². The first-order valence-electron chi connectivity index (χ1n) is 15.9. The Labute approximate surface area is 283 Å². The molecule has 0 aromatic heterocycles. The Morgan fingerprint density at radius 1 is 1.19 bits per heavy atom. The van der Waals surface area contributed by atoms with E-state index >= 15 is 0 Å². The average molecular weight is 709 g/mol. The third-order valence-electron chi connectivity index (χ3n) is 9.36. The Bertz CT molecular complexity index is 1530. The first-order chi connectivity index (χ1) is 22.6. The molecule has 3 aliphatic rings. The van der Waals surface area contributed by atoms with Crippen LogP contribution in [0.3, 0.4) is 0 Å². The highest BCUT2D eigenvalue weighted by molar-refractivity contribution is 9.09. The predicted octanol–water partition coefficient (Wildman–Crippen LogP) is 3.93. The van der Waals surface area contributed by atoms with Crippen molar-refractivity contribution >= 4 is 45.3 Å². The monoisotopic (exact) mass is 707 g/mol. The molecular formula is C36H42BrN3O7. The molecule has 5 rings (SSSR count). The first kappa shape index (κ1) is 34.5. The summed E-state index contributed by atoms with van der Waals surface area (Å²) in [5, 5.41) is 12.9. The van der Waals surface area contributed by atoms with Crippen molar-refractivity contribution in [3.8, 4) is 0 Å². The van der Waals surface area contributed by atoms with Gasteiger partial charge in [-0.15, -0.1) is 13.2 Å². The highest BCUT2D eigenvalue weighted by atomic mass is 79.9. The summed E-state index contributed by atoms with van der Waals surface area (Å²) in [5.74, 6) is -3.68. The van der Waals surface area contributed by atoms with Gasteiger partial charge in [-0.2, -0.15) is 0 Å². The minimum atomic E-state index is -1.33. The molecule has 7 atom stereocenters. The number of hydrogen-bond donors (Lipinski definition) is 2. The van der Waals surface area contributed by atoms with Crippen molar-refractivity contribution < 1.29 is 33.8 Å². The van der Waals surface area contributed by atoms with E-state index in [2.05, 4.69) is 34.4 Å². The van der Waals surface area contributed by atoms with Crippen LogP contribution in [0.5, 0.6) is 0 Å². The second-order valence-corrected chi connectivity index (χ2v) is 13.6. The molecule has 3 saturated heterocycles. The maximum Gasteiger partial charge on any atom is 0.313 e. The summed E-state index contributed by atoms with van der Waals surface area (Å²) in [5.41, 5.74) is 1.87. The minimum absolute atomic E-state index is 0.0373. The highest BCUT2D eigenvalue weighted by Crippen LogP contribution is 2.60. The number of allylic oxidation sites excluding steroid dienone is 1. The first-order valence-corrected chi connectivity index (χ1v) is 16.8. The third-order valence-corrected chi connectivity index (χ3v) is 10.2. The highest BCUT2D eigenvalue weighted by Gasteiger charge is 2.77. The minimum Gasteiger partial charge on any atom is -0.455 e. The molecule has 1 spiro atoms. The number of rotatable bonds is 14. The molecule has 11 heteroatoms. The topological polar surface area (TPSA) is 125 Å². The quantitative estimate of drug-likeness (QED) is 0.173. The van der Waals surface area contributed by atoms with E-state index < -0.39 is 47.6 Å². The Morgan fingerprint density at radius 2 is 1.94 bits per heavy atom. The fourth-order valence-corrected chi connectivity index (χ4v) is 8.21. The molecule has 2 aromatic carbocycles. The second-order valence-electron chi connectivity index (χ2n) is 12.4. The number of alkyl halides is 1. The molecule has 2 bridgehead atoms. The number of anilines is 1. The summed E-state index contributed by atoms with van der Waals surface area (Å²) < 4.78 is 12.7. The third kappa shape index (κ3) is 6.53. The number of aliphatic hydroxyl groups is 1. The number of fused-ring (bicyclic) bond motifs is 1. The zero-order valence-electron chi connectivity index (χ0n) is 26.8. The Kier molecular flexibility index (Phi) is 10.7. The van der Waals surface area contributed by atoms with Crippen molar-refractivity contribution in [2.24, 2.45) is 11.8 Å². The number of likely N-dealkylation sites (tertiary alicyclic amines) is 1. The van der Waals surface area contributed by atoms with Gasteiger partial charge in [0, 0.05) is 30.0 Å². The van der Waals surface area contributed by atoms with Gasteiger partial charge in [-0.3, -0.25) is 19.2 Å². The van der Waals surface area contributed by atoms with Crippen molar-refractivity contribution in [3.05, 3.63) is 90.5 Å². The summed E-state index contributed by atoms with van der Waals surface area (Å²) in [4.78, 5) is 58.2. The molecule has 0 saturated carbocycles. The molecule has 2 aromatic rings. The van der Waals surface area contributed by atoms with Gasteiger partial charge in [0.25, 0.3) is 5.91 Å². The van der Waals surface area contributed by atoms with E-state index in [9.17, 15) is 24.3 Å². The number of aryl methyl sites for hydroxylation is 2. The lowest BCUT2D eigenvalue weighted by Crippen LogP contribution is -2.57. The van der Waals surface area contributed by atoms with Gasteiger partial charge in [-0.1, -0.05) is 70.5 Å². The SMILES string of the molecule is C=CCCC(=O)NC[C@@H](OC(=O)[C@H]1[C@@H]2O[C@@]3(CC2Br)[C@@H]1C(=O)N(CCO)[C@@H]3C(=O)N(CC=C)c1cc(C)ccc1C)c1ccccc1. The van der Waals surface area contributed by atoms with E-state index in [1.165, 1.54) is 4.90 Å². The van der Waals surface area contributed by atoms with E-state index in [1.807, 2.05) is 50.2 Å². The van der Waals surface area contributed by atoms with E-state index in [0.29, 0.717) is 24.1 Å². The van der Waals surface area contributed by atoms with Crippen LogP contribution < -0.4 is 10.2 Å². The van der Waals surface area contributed by atoms with Crippen LogP contribution in [0.1, 0.15) is 42.1 Å². The van der Waals surface area contributed by atoms with Gasteiger partial charge in [0.15, 0.2) is 0 Å². The number of β-amino-alcohol motifs (C(OH)–C–C–N with tert-alkyl or cyclic N) is 1. The molecular weight excluding hydrogens is 666 g/mol. The number of ether oxygens (including phenoxy) is 2. The fourth-order valence-electron chi connectivity index (χ4n) is 7.26. The van der Waals surface area contributed by atoms with Crippen molar-refractivity contribution in [1.29, 1.82) is 0 Å². The molecule has 3 amide bonds. The standard InChI is InChI=1S/C36H42BrN3O7/c1-5-7-13-28(42)38-21-27(24-11-9-8-10-12-24)46-35(45)29-30-33(43)40(17-18-41)32(36(30)20-25(37)31(29)47-36)34(44)39(16-6-2)26-19-22(3)14-15-23(26)4/h5-6,8-12,14-15,19,25,27,29-32,41H,1-2,7,13,16-18,20-21H2,3-4H3,(H,38,42)/t25?,27-,29-,30+,31-,32-,36+/m1/s1. The lowest BCUT2D eigenvalue weighted by Gasteiger charge is -2.37. The number of carbonyl (C=O) groups is 4. The second kappa shape index (κ2) is 14.5. The molecule has 47 heavy (non-hydrogen) atoms. The number of hydrogen-bond acceptors (Lipinski definition) is 7. The molecule has 2 N–H and O–H groups in total. The normalized spacial score (nSPS) is 26.4. The number of aliphatic hydroxyl groups excluding tert-OH is 1. The molecule has 10 nitrogen and oxygen atoms in total. The van der Waals surface area contributed by atoms with E-state index in [-0.39, 0.29) is 49.3 Å². The smallest absolute Gasteiger partial charge is 0.313 e. The molecule has 0 radical (unpaired) electrons. The average Bonchev–Trinajstić information content (AvgIpc) is 3.65. The van der Waals surface area contributed by atoms with Crippen molar-refractivity contribution in [2.75, 3.05) is 31.1 Å². The van der Waals surface area contributed by atoms with Crippen LogP contribution in [-0.2, 0) is 28.7 Å². The number of nitrogens with zero attached hydrogens (tertiary/aromatic N) is 2. The van der Waals surface area contributed by atoms with E-state index in [1.54, 1.807) is 29.2 Å². The van der Waals surface area contributed by atoms with Crippen molar-refractivity contribution in [2.45, 2.75) is 61.8 Å². The fraction of sp³-hybridized carbons (Fsp3) is 0.444. The predicted molar refractivity (Wildman–Crippen MR) is 181 cm³/mol. The van der Waals surface area contributed by atoms with Crippen LogP contribution in [0.2, 0.25) is 0 Å². The Balaban J connectivity index is 1.48. The maximum atomic E-state index is 14.7. The van der Waals surface area contributed by atoms with Crippen LogP contribution in [0, 0.1) is 25.7 Å². The zero-order valence-corrected chi connectivity index (χ0v) is 28.4. The van der Waals surface area contributed by atoms with Gasteiger partial charge in [-0.25, -0.2) is 0 Å². The van der Waals surface area contributed by atoms with Gasteiger partial charge >= 0.3 is 5.97 Å². The summed E-state index contributed by atoms with van der Waals surface area (Å²) in [6.07, 6.45) is 2.81. The molecule has 3 fully saturated rings. The molecule has 3 aliphatic heterocycles. The van der Waals surface area contributed by atoms with Gasteiger partial charge < -0.3 is 29.7 Å². The van der Waals surface area contributed by atoms with Crippen LogP contribution in [0.25, 0.3) is 0 Å². The van der Waals surface area contributed by atoms with Crippen LogP contribution in [0.15, 0.2) is 73.8 Å². The Morgan fingerprint density at radius 3 is 2.62 bits per heavy atom. The Hall–Kier alpha value is -3.80. The molecule has 0 aliphatic carbocycles. The summed E-state index contributed by atoms with van der Waals surface area (Å²) in [7, 11) is 0. The van der Waals surface area contributed by atoms with Gasteiger partial charge in [0.1, 0.15) is 17.7 Å². The van der Waals surface area contributed by atoms with E-state index in [0.717, 1.165) is 11.1 Å². The lowest BCUT2D eigenvalue weighted by atomic mass is 9.70. The number of carbonyl (C=O) groups excluding carboxylic acids is 4.